The molecule has 0 radical (unpaired) electrons. The number of hydrogen-bond donors (Lipinski definition) is 0. The molecule has 0 N–H and O–H groups in total. The summed E-state index contributed by atoms with van der Waals surface area (Å²) in [5, 5.41) is 0. The number of esters is 1. The third-order valence-electron chi connectivity index (χ3n) is 4.69. The van der Waals surface area contributed by atoms with Gasteiger partial charge in [-0.3, -0.25) is 9.59 Å². The molecule has 0 spiro atoms. The third kappa shape index (κ3) is 4.82. The molecule has 1 fully saturated rings. The van der Waals surface area contributed by atoms with Crippen molar-refractivity contribution < 1.29 is 22.7 Å². The first-order chi connectivity index (χ1) is 12.3. The fourth-order valence-electron chi connectivity index (χ4n) is 2.79. The molecule has 1 saturated heterocycles. The first kappa shape index (κ1) is 20.4. The SMILES string of the molecule is CC[C@H](C)c1ccc(S(=O)(=O)N2CCN(C(=O)COC(C)=O)CC2)cc1. The van der Waals surface area contributed by atoms with E-state index in [9.17, 15) is 18.0 Å². The first-order valence-corrected chi connectivity index (χ1v) is 10.2. The topological polar surface area (TPSA) is 84.0 Å². The molecule has 1 aliphatic heterocycles. The van der Waals surface area contributed by atoms with Crippen LogP contribution in [0.15, 0.2) is 29.2 Å². The summed E-state index contributed by atoms with van der Waals surface area (Å²) in [6.07, 6.45) is 0.995. The molecule has 1 aromatic carbocycles. The summed E-state index contributed by atoms with van der Waals surface area (Å²) in [5.41, 5.74) is 1.12. The van der Waals surface area contributed by atoms with Crippen molar-refractivity contribution in [3.05, 3.63) is 29.8 Å². The van der Waals surface area contributed by atoms with Crippen molar-refractivity contribution in [1.82, 2.24) is 9.21 Å². The maximum atomic E-state index is 12.8. The Morgan fingerprint density at radius 3 is 2.19 bits per heavy atom. The summed E-state index contributed by atoms with van der Waals surface area (Å²) in [6, 6.07) is 7.02. The predicted octanol–water partition coefficient (Wildman–Crippen LogP) is 1.60. The second kappa shape index (κ2) is 8.64. The van der Waals surface area contributed by atoms with Gasteiger partial charge in [0.15, 0.2) is 6.61 Å². The Hall–Kier alpha value is -1.93. The van der Waals surface area contributed by atoms with Crippen LogP contribution in [-0.2, 0) is 24.3 Å². The Bertz CT molecular complexity index is 737. The van der Waals surface area contributed by atoms with E-state index in [4.69, 9.17) is 4.74 Å². The standard InChI is InChI=1S/C18H26N2O5S/c1-4-14(2)16-5-7-17(8-6-16)26(23,24)20-11-9-19(10-12-20)18(22)13-25-15(3)21/h5-8,14H,4,9-13H2,1-3H3/t14-/m0/s1. The number of amides is 1. The Morgan fingerprint density at radius 1 is 1.12 bits per heavy atom. The molecule has 0 saturated carbocycles. The third-order valence-corrected chi connectivity index (χ3v) is 6.60. The smallest absolute Gasteiger partial charge is 0.303 e. The fraction of sp³-hybridized carbons (Fsp3) is 0.556. The van der Waals surface area contributed by atoms with E-state index in [1.54, 1.807) is 12.1 Å². The predicted molar refractivity (Wildman–Crippen MR) is 97.1 cm³/mol. The lowest BCUT2D eigenvalue weighted by Gasteiger charge is -2.33. The summed E-state index contributed by atoms with van der Waals surface area (Å²) in [5.74, 6) is -0.436. The van der Waals surface area contributed by atoms with E-state index in [0.29, 0.717) is 5.92 Å². The van der Waals surface area contributed by atoms with Crippen LogP contribution in [0.4, 0.5) is 0 Å². The van der Waals surface area contributed by atoms with Crippen molar-refractivity contribution in [3.8, 4) is 0 Å². The van der Waals surface area contributed by atoms with Gasteiger partial charge in [0, 0.05) is 33.1 Å². The quantitative estimate of drug-likeness (QED) is 0.698. The van der Waals surface area contributed by atoms with Gasteiger partial charge in [-0.25, -0.2) is 8.42 Å². The van der Waals surface area contributed by atoms with Gasteiger partial charge in [-0.1, -0.05) is 26.0 Å². The Kier molecular flexibility index (Phi) is 6.77. The van der Waals surface area contributed by atoms with E-state index in [1.165, 1.54) is 16.1 Å². The lowest BCUT2D eigenvalue weighted by Crippen LogP contribution is -2.51. The van der Waals surface area contributed by atoms with Crippen LogP contribution in [0.2, 0.25) is 0 Å². The average Bonchev–Trinajstić information content (AvgIpc) is 2.65. The zero-order valence-corrected chi connectivity index (χ0v) is 16.3. The van der Waals surface area contributed by atoms with Gasteiger partial charge >= 0.3 is 5.97 Å². The van der Waals surface area contributed by atoms with Crippen LogP contribution in [0, 0.1) is 0 Å². The van der Waals surface area contributed by atoms with Crippen LogP contribution in [0.25, 0.3) is 0 Å². The van der Waals surface area contributed by atoms with E-state index >= 15 is 0 Å². The van der Waals surface area contributed by atoms with Gasteiger partial charge in [0.2, 0.25) is 10.0 Å². The van der Waals surface area contributed by atoms with Gasteiger partial charge < -0.3 is 9.64 Å². The number of carbonyl (C=O) groups excluding carboxylic acids is 2. The normalized spacial score (nSPS) is 17.0. The fourth-order valence-corrected chi connectivity index (χ4v) is 4.21. The number of rotatable bonds is 6. The maximum absolute atomic E-state index is 12.8. The van der Waals surface area contributed by atoms with E-state index in [1.807, 2.05) is 12.1 Å². The number of ether oxygens (including phenoxy) is 1. The van der Waals surface area contributed by atoms with Gasteiger partial charge in [0.05, 0.1) is 4.90 Å². The van der Waals surface area contributed by atoms with Gasteiger partial charge in [0.1, 0.15) is 0 Å². The second-order valence-corrected chi connectivity index (χ2v) is 8.38. The molecule has 1 atom stereocenters. The highest BCUT2D eigenvalue weighted by Gasteiger charge is 2.30. The van der Waals surface area contributed by atoms with Crippen LogP contribution < -0.4 is 0 Å². The maximum Gasteiger partial charge on any atom is 0.303 e. The Balaban J connectivity index is 1.99. The van der Waals surface area contributed by atoms with Crippen LogP contribution in [0.3, 0.4) is 0 Å². The van der Waals surface area contributed by atoms with Crippen molar-refractivity contribution in [2.45, 2.75) is 38.0 Å². The van der Waals surface area contributed by atoms with Crippen molar-refractivity contribution in [1.29, 1.82) is 0 Å². The molecule has 1 amide bonds. The highest BCUT2D eigenvalue weighted by atomic mass is 32.2. The number of hydrogen-bond acceptors (Lipinski definition) is 5. The van der Waals surface area contributed by atoms with Gasteiger partial charge in [-0.15, -0.1) is 0 Å². The molecular weight excluding hydrogens is 356 g/mol. The first-order valence-electron chi connectivity index (χ1n) is 8.77. The highest BCUT2D eigenvalue weighted by molar-refractivity contribution is 7.89. The van der Waals surface area contributed by atoms with E-state index in [0.717, 1.165) is 12.0 Å². The summed E-state index contributed by atoms with van der Waals surface area (Å²) in [7, 11) is -3.58. The highest BCUT2D eigenvalue weighted by Crippen LogP contribution is 2.23. The summed E-state index contributed by atoms with van der Waals surface area (Å²) < 4.78 is 31.7. The average molecular weight is 382 g/mol. The van der Waals surface area contributed by atoms with Gasteiger partial charge in [-0.2, -0.15) is 4.31 Å². The van der Waals surface area contributed by atoms with E-state index in [2.05, 4.69) is 13.8 Å². The van der Waals surface area contributed by atoms with Crippen LogP contribution in [0.5, 0.6) is 0 Å². The molecule has 1 aromatic rings. The molecule has 0 unspecified atom stereocenters. The molecule has 1 heterocycles. The lowest BCUT2D eigenvalue weighted by atomic mass is 9.99. The summed E-state index contributed by atoms with van der Waals surface area (Å²) in [6.45, 7) is 6.15. The monoisotopic (exact) mass is 382 g/mol. The lowest BCUT2D eigenvalue weighted by molar-refractivity contribution is -0.150. The second-order valence-electron chi connectivity index (χ2n) is 6.44. The molecule has 1 aliphatic rings. The zero-order chi connectivity index (χ0) is 19.3. The van der Waals surface area contributed by atoms with E-state index in [-0.39, 0.29) is 43.6 Å². The van der Waals surface area contributed by atoms with Crippen LogP contribution in [0.1, 0.15) is 38.7 Å². The molecule has 0 aliphatic carbocycles. The van der Waals surface area contributed by atoms with Crippen molar-refractivity contribution >= 4 is 21.9 Å². The van der Waals surface area contributed by atoms with Gasteiger partial charge in [0.25, 0.3) is 5.91 Å². The number of carbonyl (C=O) groups is 2. The number of sulfonamides is 1. The largest absolute Gasteiger partial charge is 0.456 e. The summed E-state index contributed by atoms with van der Waals surface area (Å²) >= 11 is 0. The van der Waals surface area contributed by atoms with Gasteiger partial charge in [-0.05, 0) is 30.0 Å². The van der Waals surface area contributed by atoms with Crippen molar-refractivity contribution in [2.24, 2.45) is 0 Å². The Morgan fingerprint density at radius 2 is 1.69 bits per heavy atom. The molecular formula is C18H26N2O5S. The zero-order valence-electron chi connectivity index (χ0n) is 15.5. The minimum atomic E-state index is -3.58. The Labute approximate surface area is 155 Å². The number of nitrogens with zero attached hydrogens (tertiary/aromatic N) is 2. The molecule has 0 aromatic heterocycles. The molecule has 7 nitrogen and oxygen atoms in total. The van der Waals surface area contributed by atoms with Crippen LogP contribution >= 0.6 is 0 Å². The van der Waals surface area contributed by atoms with Crippen molar-refractivity contribution in [3.63, 3.8) is 0 Å². The molecule has 2 rings (SSSR count). The minimum Gasteiger partial charge on any atom is -0.456 e. The van der Waals surface area contributed by atoms with E-state index < -0.39 is 16.0 Å². The van der Waals surface area contributed by atoms with Crippen molar-refractivity contribution in [2.75, 3.05) is 32.8 Å². The summed E-state index contributed by atoms with van der Waals surface area (Å²) in [4.78, 5) is 24.5. The molecule has 144 valence electrons. The number of benzene rings is 1. The minimum absolute atomic E-state index is 0.223. The molecule has 26 heavy (non-hydrogen) atoms. The number of piperazine rings is 1. The van der Waals surface area contributed by atoms with Crippen LogP contribution in [-0.4, -0.2) is 62.3 Å². The molecule has 0 bridgehead atoms. The molecule has 8 heteroatoms.